The summed E-state index contributed by atoms with van der Waals surface area (Å²) >= 11 is 0. The van der Waals surface area contributed by atoms with Crippen LogP contribution >= 0.6 is 0 Å². The number of hydrogen-bond donors (Lipinski definition) is 4. The lowest BCUT2D eigenvalue weighted by Gasteiger charge is -2.31. The average molecular weight is 554 g/mol. The van der Waals surface area contributed by atoms with Crippen LogP contribution in [-0.4, -0.2) is 38.6 Å². The van der Waals surface area contributed by atoms with Gasteiger partial charge in [-0.15, -0.1) is 0 Å². The smallest absolute Gasteiger partial charge is 0.286 e. The summed E-state index contributed by atoms with van der Waals surface area (Å²) < 4.78 is 0. The van der Waals surface area contributed by atoms with E-state index < -0.39 is 23.9 Å². The highest BCUT2D eigenvalue weighted by atomic mass is 16.2. The Labute approximate surface area is 241 Å². The Hall–Kier alpha value is -5.63. The van der Waals surface area contributed by atoms with Gasteiger partial charge in [-0.25, -0.2) is 0 Å². The van der Waals surface area contributed by atoms with Gasteiger partial charge in [0.25, 0.3) is 17.7 Å². The second kappa shape index (κ2) is 10.1. The van der Waals surface area contributed by atoms with Crippen LogP contribution in [0.25, 0.3) is 33.1 Å². The predicted octanol–water partition coefficient (Wildman–Crippen LogP) is 5.71. The number of aromatic nitrogens is 2. The number of para-hydroxylation sites is 2. The van der Waals surface area contributed by atoms with Gasteiger partial charge in [0.1, 0.15) is 11.7 Å². The van der Waals surface area contributed by atoms with Gasteiger partial charge in [0.05, 0.1) is 11.7 Å². The van der Waals surface area contributed by atoms with Crippen molar-refractivity contribution < 1.29 is 14.4 Å². The standard InChI is InChI=1S/C34H27N5O3/c1-20(32(40)37-38-33(41)28-19-22-13-5-9-17-26(22)35-28)39-31(23-14-6-7-15-24(23)34(39)42)29-25-16-8-10-18-27(25)36-30(29)21-11-3-2-4-12-21/h2-20,31,35-36H,1H3,(H,37,40)(H,38,41). The van der Waals surface area contributed by atoms with E-state index in [-0.39, 0.29) is 5.91 Å². The summed E-state index contributed by atoms with van der Waals surface area (Å²) in [6.45, 7) is 1.68. The van der Waals surface area contributed by atoms with Crippen LogP contribution < -0.4 is 10.9 Å². The lowest BCUT2D eigenvalue weighted by molar-refractivity contribution is -0.126. The number of benzene rings is 4. The van der Waals surface area contributed by atoms with Gasteiger partial charge in [-0.1, -0.05) is 84.9 Å². The average Bonchev–Trinajstić information content (AvgIpc) is 3.72. The molecule has 42 heavy (non-hydrogen) atoms. The van der Waals surface area contributed by atoms with Crippen molar-refractivity contribution in [2.24, 2.45) is 0 Å². The zero-order valence-electron chi connectivity index (χ0n) is 22.7. The number of nitrogens with zero attached hydrogens (tertiary/aromatic N) is 1. The number of amides is 3. The molecule has 4 aromatic carbocycles. The van der Waals surface area contributed by atoms with Gasteiger partial charge in [0, 0.05) is 32.9 Å². The normalized spacial score (nSPS) is 15.1. The highest BCUT2D eigenvalue weighted by Crippen LogP contribution is 2.46. The molecule has 6 aromatic rings. The van der Waals surface area contributed by atoms with Gasteiger partial charge in [-0.05, 0) is 42.3 Å². The summed E-state index contributed by atoms with van der Waals surface area (Å²) in [5, 5.41) is 1.86. The van der Waals surface area contributed by atoms with Crippen LogP contribution in [0, 0.1) is 0 Å². The van der Waals surface area contributed by atoms with Crippen LogP contribution in [0.3, 0.4) is 0 Å². The van der Waals surface area contributed by atoms with Gasteiger partial charge in [0.2, 0.25) is 0 Å². The molecule has 1 aliphatic heterocycles. The van der Waals surface area contributed by atoms with Crippen LogP contribution in [0.1, 0.15) is 44.9 Å². The Morgan fingerprint density at radius 2 is 1.48 bits per heavy atom. The van der Waals surface area contributed by atoms with E-state index in [2.05, 4.69) is 20.8 Å². The van der Waals surface area contributed by atoms with Crippen molar-refractivity contribution in [2.45, 2.75) is 19.0 Å². The van der Waals surface area contributed by atoms with Crippen molar-refractivity contribution in [3.05, 3.63) is 132 Å². The molecule has 1 aliphatic rings. The zero-order chi connectivity index (χ0) is 28.8. The minimum atomic E-state index is -0.907. The number of nitrogens with one attached hydrogen (secondary N) is 4. The van der Waals surface area contributed by atoms with Crippen molar-refractivity contribution in [2.75, 3.05) is 0 Å². The molecule has 3 heterocycles. The molecule has 7 rings (SSSR count). The second-order valence-corrected chi connectivity index (χ2v) is 10.4. The lowest BCUT2D eigenvalue weighted by atomic mass is 9.92. The van der Waals surface area contributed by atoms with E-state index in [4.69, 9.17) is 0 Å². The van der Waals surface area contributed by atoms with Gasteiger partial charge in [0.15, 0.2) is 0 Å². The molecule has 4 N–H and O–H groups in total. The zero-order valence-corrected chi connectivity index (χ0v) is 22.7. The minimum Gasteiger partial charge on any atom is -0.354 e. The molecule has 0 bridgehead atoms. The molecular formula is C34H27N5O3. The topological polar surface area (TPSA) is 110 Å². The van der Waals surface area contributed by atoms with Crippen molar-refractivity contribution >= 4 is 39.5 Å². The monoisotopic (exact) mass is 553 g/mol. The minimum absolute atomic E-state index is 0.246. The van der Waals surface area contributed by atoms with Crippen molar-refractivity contribution in [1.82, 2.24) is 25.7 Å². The van der Waals surface area contributed by atoms with Crippen LogP contribution in [0.5, 0.6) is 0 Å². The van der Waals surface area contributed by atoms with E-state index in [1.54, 1.807) is 24.0 Å². The maximum absolute atomic E-state index is 13.9. The summed E-state index contributed by atoms with van der Waals surface area (Å²) in [5.41, 5.74) is 11.3. The van der Waals surface area contributed by atoms with E-state index in [9.17, 15) is 14.4 Å². The molecule has 8 nitrogen and oxygen atoms in total. The van der Waals surface area contributed by atoms with Crippen LogP contribution in [0.4, 0.5) is 0 Å². The molecule has 0 saturated carbocycles. The number of carbonyl (C=O) groups is 3. The number of aromatic amines is 2. The first-order valence-corrected chi connectivity index (χ1v) is 13.8. The summed E-state index contributed by atoms with van der Waals surface area (Å²) in [6, 6.07) is 33.2. The number of carbonyl (C=O) groups excluding carboxylic acids is 3. The fraction of sp³-hybridized carbons (Fsp3) is 0.0882. The number of H-pyrrole nitrogens is 2. The second-order valence-electron chi connectivity index (χ2n) is 10.4. The van der Waals surface area contributed by atoms with Crippen molar-refractivity contribution in [1.29, 1.82) is 0 Å². The first kappa shape index (κ1) is 25.3. The largest absolute Gasteiger partial charge is 0.354 e. The van der Waals surface area contributed by atoms with E-state index in [1.807, 2.05) is 97.1 Å². The summed E-state index contributed by atoms with van der Waals surface area (Å²) in [6.07, 6.45) is 0. The third-order valence-corrected chi connectivity index (χ3v) is 7.95. The molecule has 3 amide bonds. The molecule has 2 unspecified atom stereocenters. The van der Waals surface area contributed by atoms with Crippen molar-refractivity contribution in [3.63, 3.8) is 0 Å². The maximum Gasteiger partial charge on any atom is 0.286 e. The molecule has 2 atom stereocenters. The van der Waals surface area contributed by atoms with Crippen LogP contribution in [0.15, 0.2) is 109 Å². The van der Waals surface area contributed by atoms with E-state index in [1.165, 1.54) is 0 Å². The number of fused-ring (bicyclic) bond motifs is 3. The fourth-order valence-electron chi connectivity index (χ4n) is 5.92. The Morgan fingerprint density at radius 3 is 2.29 bits per heavy atom. The summed E-state index contributed by atoms with van der Waals surface area (Å²) in [4.78, 5) is 48.6. The predicted molar refractivity (Wildman–Crippen MR) is 162 cm³/mol. The first-order chi connectivity index (χ1) is 20.5. The van der Waals surface area contributed by atoms with Gasteiger partial charge >= 0.3 is 0 Å². The Morgan fingerprint density at radius 1 is 0.786 bits per heavy atom. The first-order valence-electron chi connectivity index (χ1n) is 13.8. The molecular weight excluding hydrogens is 526 g/mol. The van der Waals surface area contributed by atoms with E-state index in [0.29, 0.717) is 11.3 Å². The van der Waals surface area contributed by atoms with Gasteiger partial charge in [-0.2, -0.15) is 0 Å². The van der Waals surface area contributed by atoms with Crippen LogP contribution in [0.2, 0.25) is 0 Å². The quantitative estimate of drug-likeness (QED) is 0.205. The maximum atomic E-state index is 13.9. The molecule has 0 saturated heterocycles. The van der Waals surface area contributed by atoms with Gasteiger partial charge < -0.3 is 14.9 Å². The van der Waals surface area contributed by atoms with Gasteiger partial charge in [-0.3, -0.25) is 25.2 Å². The highest BCUT2D eigenvalue weighted by Gasteiger charge is 2.44. The third-order valence-electron chi connectivity index (χ3n) is 7.95. The Bertz CT molecular complexity index is 1960. The number of hydrogen-bond acceptors (Lipinski definition) is 3. The SMILES string of the molecule is CC(C(=O)NNC(=O)c1cc2ccccc2[nH]1)N1C(=O)c2ccccc2C1c1c(-c2ccccc2)[nH]c2ccccc12. The van der Waals surface area contributed by atoms with E-state index >= 15 is 0 Å². The number of rotatable bonds is 5. The molecule has 0 fully saturated rings. The molecule has 8 heteroatoms. The molecule has 0 spiro atoms. The Balaban J connectivity index is 1.25. The highest BCUT2D eigenvalue weighted by molar-refractivity contribution is 6.05. The van der Waals surface area contributed by atoms with Crippen molar-refractivity contribution in [3.8, 4) is 11.3 Å². The number of hydrazine groups is 1. The molecule has 2 aromatic heterocycles. The third kappa shape index (κ3) is 4.12. The summed E-state index contributed by atoms with van der Waals surface area (Å²) in [5.74, 6) is -1.24. The Kier molecular flexibility index (Phi) is 6.09. The lowest BCUT2D eigenvalue weighted by Crippen LogP contribution is -2.52. The van der Waals surface area contributed by atoms with E-state index in [0.717, 1.165) is 44.2 Å². The fourth-order valence-corrected chi connectivity index (χ4v) is 5.92. The molecule has 0 aliphatic carbocycles. The molecule has 0 radical (unpaired) electrons. The molecule has 206 valence electrons. The summed E-state index contributed by atoms with van der Waals surface area (Å²) in [7, 11) is 0. The van der Waals surface area contributed by atoms with Crippen LogP contribution in [-0.2, 0) is 4.79 Å².